The molecule has 0 radical (unpaired) electrons. The molecule has 2 heterocycles. The van der Waals surface area contributed by atoms with Crippen LogP contribution in [-0.4, -0.2) is 39.8 Å². The molecule has 2 amide bonds. The molecule has 0 bridgehead atoms. The molecule has 9 heteroatoms. The minimum absolute atomic E-state index is 0.0197. The van der Waals surface area contributed by atoms with Gasteiger partial charge >= 0.3 is 12.2 Å². The van der Waals surface area contributed by atoms with E-state index in [4.69, 9.17) is 5.73 Å². The topological polar surface area (TPSA) is 76.2 Å². The highest BCUT2D eigenvalue weighted by Crippen LogP contribution is 2.47. The van der Waals surface area contributed by atoms with Gasteiger partial charge in [-0.3, -0.25) is 4.68 Å². The van der Waals surface area contributed by atoms with Gasteiger partial charge in [-0.15, -0.1) is 0 Å². The number of nitrogens with one attached hydrogen (secondary N) is 1. The summed E-state index contributed by atoms with van der Waals surface area (Å²) in [4.78, 5) is 13.8. The first-order chi connectivity index (χ1) is 10.7. The molecule has 3 N–H and O–H groups in total. The Hall–Kier alpha value is -1.77. The molecule has 1 spiro atoms. The number of carbonyl (C=O) groups excluding carboxylic acids is 1. The van der Waals surface area contributed by atoms with Crippen LogP contribution in [0.3, 0.4) is 0 Å². The molecule has 1 unspecified atom stereocenters. The molecule has 6 nitrogen and oxygen atoms in total. The van der Waals surface area contributed by atoms with Crippen molar-refractivity contribution in [2.75, 3.05) is 13.1 Å². The summed E-state index contributed by atoms with van der Waals surface area (Å²) >= 11 is 0. The van der Waals surface area contributed by atoms with Crippen molar-refractivity contribution in [3.63, 3.8) is 0 Å². The number of alkyl halides is 3. The monoisotopic (exact) mass is 331 g/mol. The van der Waals surface area contributed by atoms with E-state index in [0.29, 0.717) is 13.1 Å². The van der Waals surface area contributed by atoms with Crippen LogP contribution >= 0.6 is 0 Å². The first-order valence-corrected chi connectivity index (χ1v) is 7.60. The number of carbonyl (C=O) groups is 1. The number of nitrogens with zero attached hydrogens (tertiary/aromatic N) is 3. The Kier molecular flexibility index (Phi) is 3.78. The Morgan fingerprint density at radius 2 is 2.22 bits per heavy atom. The largest absolute Gasteiger partial charge is 0.433 e. The standard InChI is InChI=1S/C14H20F3N5O/c1-21-11(14(15,16)17)5-9(20-21)6-19-12(23)22-7-10(18)13(8-22)3-2-4-13/h5,10H,2-4,6-8,18H2,1H3,(H,19,23). The van der Waals surface area contributed by atoms with E-state index in [2.05, 4.69) is 10.4 Å². The van der Waals surface area contributed by atoms with Gasteiger partial charge in [-0.25, -0.2) is 4.79 Å². The Labute approximate surface area is 131 Å². The average Bonchev–Trinajstić information content (AvgIpc) is 2.95. The van der Waals surface area contributed by atoms with Gasteiger partial charge in [0.05, 0.1) is 12.2 Å². The van der Waals surface area contributed by atoms with Gasteiger partial charge in [-0.05, 0) is 18.9 Å². The quantitative estimate of drug-likeness (QED) is 0.861. The highest BCUT2D eigenvalue weighted by molar-refractivity contribution is 5.74. The molecule has 2 aliphatic rings. The second kappa shape index (κ2) is 5.40. The second-order valence-electron chi connectivity index (χ2n) is 6.50. The molecular formula is C14H20F3N5O. The maximum Gasteiger partial charge on any atom is 0.433 e. The summed E-state index contributed by atoms with van der Waals surface area (Å²) in [6.07, 6.45) is -1.25. The van der Waals surface area contributed by atoms with Gasteiger partial charge in [0, 0.05) is 31.6 Å². The molecule has 1 aromatic heterocycles. The van der Waals surface area contributed by atoms with Crippen molar-refractivity contribution in [3.05, 3.63) is 17.5 Å². The predicted molar refractivity (Wildman–Crippen MR) is 76.3 cm³/mol. The number of rotatable bonds is 2. The van der Waals surface area contributed by atoms with Gasteiger partial charge in [0.1, 0.15) is 5.69 Å². The molecule has 3 rings (SSSR count). The molecule has 1 aromatic rings. The number of aromatic nitrogens is 2. The van der Waals surface area contributed by atoms with Gasteiger partial charge in [-0.2, -0.15) is 18.3 Å². The number of amides is 2. The number of halogens is 3. The van der Waals surface area contributed by atoms with Crippen LogP contribution in [0, 0.1) is 5.41 Å². The van der Waals surface area contributed by atoms with Crippen molar-refractivity contribution in [1.29, 1.82) is 0 Å². The summed E-state index contributed by atoms with van der Waals surface area (Å²) in [6, 6.07) is 0.626. The van der Waals surface area contributed by atoms with Crippen LogP contribution in [0.5, 0.6) is 0 Å². The van der Waals surface area contributed by atoms with Crippen molar-refractivity contribution in [1.82, 2.24) is 20.0 Å². The van der Waals surface area contributed by atoms with Crippen molar-refractivity contribution in [2.24, 2.45) is 18.2 Å². The van der Waals surface area contributed by atoms with Gasteiger partial charge in [0.25, 0.3) is 0 Å². The Bertz CT molecular complexity index is 608. The molecule has 1 atom stereocenters. The third-order valence-corrected chi connectivity index (χ3v) is 4.99. The third-order valence-electron chi connectivity index (χ3n) is 4.99. The molecule has 0 aromatic carbocycles. The van der Waals surface area contributed by atoms with E-state index in [-0.39, 0.29) is 29.7 Å². The van der Waals surface area contributed by atoms with Gasteiger partial charge in [-0.1, -0.05) is 6.42 Å². The first-order valence-electron chi connectivity index (χ1n) is 7.60. The highest BCUT2D eigenvalue weighted by Gasteiger charge is 2.49. The van der Waals surface area contributed by atoms with E-state index in [1.54, 1.807) is 4.90 Å². The third kappa shape index (κ3) is 2.89. The van der Waals surface area contributed by atoms with E-state index in [1.165, 1.54) is 7.05 Å². The average molecular weight is 331 g/mol. The Morgan fingerprint density at radius 1 is 1.52 bits per heavy atom. The Morgan fingerprint density at radius 3 is 2.70 bits per heavy atom. The molecule has 1 saturated heterocycles. The first kappa shape index (κ1) is 16.1. The second-order valence-corrected chi connectivity index (χ2v) is 6.50. The SMILES string of the molecule is Cn1nc(CNC(=O)N2CC(N)C3(CCC3)C2)cc1C(F)(F)F. The molecule has 1 aliphatic heterocycles. The lowest BCUT2D eigenvalue weighted by Gasteiger charge is -2.41. The lowest BCUT2D eigenvalue weighted by Crippen LogP contribution is -2.45. The van der Waals surface area contributed by atoms with E-state index in [9.17, 15) is 18.0 Å². The van der Waals surface area contributed by atoms with E-state index in [0.717, 1.165) is 30.0 Å². The van der Waals surface area contributed by atoms with E-state index >= 15 is 0 Å². The van der Waals surface area contributed by atoms with Crippen molar-refractivity contribution in [2.45, 2.75) is 38.0 Å². The van der Waals surface area contributed by atoms with Crippen LogP contribution in [0.2, 0.25) is 0 Å². The summed E-state index contributed by atoms with van der Waals surface area (Å²) in [5, 5.41) is 6.41. The molecule has 1 saturated carbocycles. The zero-order valence-corrected chi connectivity index (χ0v) is 12.9. The van der Waals surface area contributed by atoms with Gasteiger partial charge < -0.3 is 16.0 Å². The lowest BCUT2D eigenvalue weighted by molar-refractivity contribution is -0.143. The Balaban J connectivity index is 1.58. The number of aryl methyl sites for hydroxylation is 1. The van der Waals surface area contributed by atoms with E-state index in [1.807, 2.05) is 0 Å². The minimum atomic E-state index is -4.46. The number of hydrogen-bond donors (Lipinski definition) is 2. The smallest absolute Gasteiger partial charge is 0.332 e. The summed E-state index contributed by atoms with van der Waals surface area (Å²) in [5.74, 6) is 0. The number of hydrogen-bond acceptors (Lipinski definition) is 3. The van der Waals surface area contributed by atoms with Crippen LogP contribution in [0.25, 0.3) is 0 Å². The van der Waals surface area contributed by atoms with Crippen molar-refractivity contribution in [3.8, 4) is 0 Å². The fourth-order valence-corrected chi connectivity index (χ4v) is 3.46. The fraction of sp³-hybridized carbons (Fsp3) is 0.714. The van der Waals surface area contributed by atoms with Crippen molar-refractivity contribution >= 4 is 6.03 Å². The maximum atomic E-state index is 12.7. The van der Waals surface area contributed by atoms with Crippen LogP contribution in [-0.2, 0) is 19.8 Å². The molecule has 1 aliphatic carbocycles. The van der Waals surface area contributed by atoms with Crippen LogP contribution in [0.1, 0.15) is 30.7 Å². The van der Waals surface area contributed by atoms with E-state index < -0.39 is 11.9 Å². The molecule has 128 valence electrons. The molecule has 23 heavy (non-hydrogen) atoms. The summed E-state index contributed by atoms with van der Waals surface area (Å²) in [6.45, 7) is 1.07. The predicted octanol–water partition coefficient (Wildman–Crippen LogP) is 1.46. The zero-order chi connectivity index (χ0) is 16.8. The highest BCUT2D eigenvalue weighted by atomic mass is 19.4. The molecule has 2 fully saturated rings. The zero-order valence-electron chi connectivity index (χ0n) is 12.9. The normalized spacial score (nSPS) is 23.2. The lowest BCUT2D eigenvalue weighted by atomic mass is 9.66. The summed E-state index contributed by atoms with van der Waals surface area (Å²) in [7, 11) is 1.23. The van der Waals surface area contributed by atoms with Crippen molar-refractivity contribution < 1.29 is 18.0 Å². The fourth-order valence-electron chi connectivity index (χ4n) is 3.46. The van der Waals surface area contributed by atoms with Crippen LogP contribution in [0.15, 0.2) is 6.07 Å². The minimum Gasteiger partial charge on any atom is -0.332 e. The summed E-state index contributed by atoms with van der Waals surface area (Å²) < 4.78 is 38.9. The maximum absolute atomic E-state index is 12.7. The summed E-state index contributed by atoms with van der Waals surface area (Å²) in [5.41, 5.74) is 5.51. The molecular weight excluding hydrogens is 311 g/mol. The number of nitrogens with two attached hydrogens (primary N) is 1. The van der Waals surface area contributed by atoms with Crippen LogP contribution < -0.4 is 11.1 Å². The van der Waals surface area contributed by atoms with Gasteiger partial charge in [0.2, 0.25) is 0 Å². The van der Waals surface area contributed by atoms with Gasteiger partial charge in [0.15, 0.2) is 0 Å². The number of urea groups is 1. The van der Waals surface area contributed by atoms with Crippen LogP contribution in [0.4, 0.5) is 18.0 Å². The number of likely N-dealkylation sites (tertiary alicyclic amines) is 1.